The van der Waals surface area contributed by atoms with Crippen molar-refractivity contribution in [3.05, 3.63) is 33.2 Å². The van der Waals surface area contributed by atoms with E-state index in [0.29, 0.717) is 12.4 Å². The predicted octanol–water partition coefficient (Wildman–Crippen LogP) is 3.21. The summed E-state index contributed by atoms with van der Waals surface area (Å²) in [5.74, 6) is 7.76. The number of hydrogen-bond donors (Lipinski definition) is 3. The number of hydrogen-bond acceptors (Lipinski definition) is 6. The molecule has 2 rings (SSSR count). The van der Waals surface area contributed by atoms with Gasteiger partial charge in [-0.05, 0) is 12.1 Å². The van der Waals surface area contributed by atoms with Crippen molar-refractivity contribution >= 4 is 34.6 Å². The molecule has 0 aliphatic heterocycles. The third-order valence-electron chi connectivity index (χ3n) is 2.48. The predicted molar refractivity (Wildman–Crippen MR) is 80.6 cm³/mol. The zero-order valence-electron chi connectivity index (χ0n) is 10.8. The average molecular weight is 298 g/mol. The highest BCUT2D eigenvalue weighted by molar-refractivity contribution is 7.16. The second-order valence-electron chi connectivity index (χ2n) is 4.36. The second kappa shape index (κ2) is 6.18. The molecule has 0 bridgehead atoms. The van der Waals surface area contributed by atoms with Crippen LogP contribution in [0.5, 0.6) is 0 Å². The summed E-state index contributed by atoms with van der Waals surface area (Å²) >= 11 is 7.44. The number of rotatable bonds is 5. The van der Waals surface area contributed by atoms with Gasteiger partial charge in [0.05, 0.1) is 10.9 Å². The normalized spacial score (nSPS) is 10.8. The summed E-state index contributed by atoms with van der Waals surface area (Å²) < 4.78 is 0.784. The molecule has 0 amide bonds. The third-order valence-corrected chi connectivity index (χ3v) is 3.71. The highest BCUT2D eigenvalue weighted by Gasteiger charge is 2.08. The molecule has 2 aromatic rings. The maximum Gasteiger partial charge on any atom is 0.145 e. The Morgan fingerprint density at radius 2 is 2.05 bits per heavy atom. The van der Waals surface area contributed by atoms with Crippen molar-refractivity contribution < 1.29 is 0 Å². The quantitative estimate of drug-likeness (QED) is 0.583. The van der Waals surface area contributed by atoms with Crippen molar-refractivity contribution in [2.24, 2.45) is 5.84 Å². The Labute approximate surface area is 121 Å². The van der Waals surface area contributed by atoms with Gasteiger partial charge >= 0.3 is 0 Å². The molecule has 5 nitrogen and oxygen atoms in total. The highest BCUT2D eigenvalue weighted by atomic mass is 35.5. The first-order valence-corrected chi connectivity index (χ1v) is 7.11. The molecule has 0 spiro atoms. The van der Waals surface area contributed by atoms with Gasteiger partial charge in [-0.2, -0.15) is 0 Å². The van der Waals surface area contributed by atoms with Gasteiger partial charge in [-0.15, -0.1) is 11.3 Å². The summed E-state index contributed by atoms with van der Waals surface area (Å²) in [5.41, 5.74) is 2.56. The minimum Gasteiger partial charge on any atom is -0.365 e. The molecule has 102 valence electrons. The van der Waals surface area contributed by atoms with E-state index in [1.54, 1.807) is 17.4 Å². The van der Waals surface area contributed by atoms with E-state index in [2.05, 4.69) is 20.7 Å². The molecule has 0 aromatic carbocycles. The monoisotopic (exact) mass is 297 g/mol. The molecule has 0 aliphatic rings. The first kappa shape index (κ1) is 14.0. The van der Waals surface area contributed by atoms with E-state index < -0.39 is 0 Å². The number of hydrazine groups is 1. The SMILES string of the molecule is CC(C)c1nc(NN)cc(NCc2ccc(Cl)s2)n1. The molecule has 2 heterocycles. The molecule has 0 unspecified atom stereocenters. The number of nitrogens with two attached hydrogens (primary N) is 1. The van der Waals surface area contributed by atoms with Gasteiger partial charge in [0, 0.05) is 16.9 Å². The van der Waals surface area contributed by atoms with Crippen LogP contribution in [0, 0.1) is 0 Å². The van der Waals surface area contributed by atoms with E-state index in [4.69, 9.17) is 17.4 Å². The Morgan fingerprint density at radius 1 is 1.32 bits per heavy atom. The maximum atomic E-state index is 5.90. The lowest BCUT2D eigenvalue weighted by molar-refractivity contribution is 0.775. The number of nitrogens with one attached hydrogen (secondary N) is 2. The number of thiophene rings is 1. The Hall–Kier alpha value is -1.37. The fraction of sp³-hybridized carbons (Fsp3) is 0.333. The lowest BCUT2D eigenvalue weighted by atomic mass is 10.2. The molecule has 4 N–H and O–H groups in total. The zero-order chi connectivity index (χ0) is 13.8. The largest absolute Gasteiger partial charge is 0.365 e. The summed E-state index contributed by atoms with van der Waals surface area (Å²) in [5, 5.41) is 3.25. The third kappa shape index (κ3) is 3.79. The van der Waals surface area contributed by atoms with Crippen LogP contribution in [0.1, 0.15) is 30.5 Å². The Kier molecular flexibility index (Phi) is 4.57. The zero-order valence-corrected chi connectivity index (χ0v) is 12.3. The molecule has 0 radical (unpaired) electrons. The first-order valence-electron chi connectivity index (χ1n) is 5.92. The van der Waals surface area contributed by atoms with Crippen LogP contribution in [0.2, 0.25) is 4.34 Å². The summed E-state index contributed by atoms with van der Waals surface area (Å²) in [6.45, 7) is 4.76. The van der Waals surface area contributed by atoms with Crippen LogP contribution in [-0.2, 0) is 6.54 Å². The average Bonchev–Trinajstić information content (AvgIpc) is 2.81. The summed E-state index contributed by atoms with van der Waals surface area (Å²) in [6, 6.07) is 5.66. The van der Waals surface area contributed by atoms with Gasteiger partial charge in [-0.3, -0.25) is 0 Å². The van der Waals surface area contributed by atoms with Crippen LogP contribution in [-0.4, -0.2) is 9.97 Å². The van der Waals surface area contributed by atoms with Crippen LogP contribution in [0.25, 0.3) is 0 Å². The molecule has 0 atom stereocenters. The van der Waals surface area contributed by atoms with Gasteiger partial charge in [0.15, 0.2) is 0 Å². The minimum absolute atomic E-state index is 0.241. The first-order chi connectivity index (χ1) is 9.08. The number of nitrogens with zero attached hydrogens (tertiary/aromatic N) is 2. The van der Waals surface area contributed by atoms with Crippen molar-refractivity contribution in [3.63, 3.8) is 0 Å². The Bertz CT molecular complexity index is 555. The maximum absolute atomic E-state index is 5.90. The molecule has 0 saturated heterocycles. The molecule has 0 saturated carbocycles. The molecular formula is C12H16ClN5S. The van der Waals surface area contributed by atoms with Gasteiger partial charge in [-0.1, -0.05) is 25.4 Å². The van der Waals surface area contributed by atoms with E-state index in [9.17, 15) is 0 Å². The Balaban J connectivity index is 2.12. The van der Waals surface area contributed by atoms with Crippen molar-refractivity contribution in [3.8, 4) is 0 Å². The molecular weight excluding hydrogens is 282 g/mol. The standard InChI is InChI=1S/C12H16ClN5S/c1-7(2)12-16-10(5-11(17-12)18-14)15-6-8-3-4-9(13)19-8/h3-5,7H,6,14H2,1-2H3,(H2,15,16,17,18). The summed E-state index contributed by atoms with van der Waals surface area (Å²) in [6.07, 6.45) is 0. The van der Waals surface area contributed by atoms with Crippen LogP contribution < -0.4 is 16.6 Å². The van der Waals surface area contributed by atoms with E-state index in [-0.39, 0.29) is 5.92 Å². The van der Waals surface area contributed by atoms with Crippen LogP contribution in [0.3, 0.4) is 0 Å². The fourth-order valence-corrected chi connectivity index (χ4v) is 2.54. The highest BCUT2D eigenvalue weighted by Crippen LogP contribution is 2.23. The van der Waals surface area contributed by atoms with Gasteiger partial charge in [0.2, 0.25) is 0 Å². The molecule has 0 aliphatic carbocycles. The number of nitrogen functional groups attached to an aromatic ring is 1. The molecule has 19 heavy (non-hydrogen) atoms. The number of aromatic nitrogens is 2. The molecule has 0 fully saturated rings. The van der Waals surface area contributed by atoms with Crippen LogP contribution in [0.4, 0.5) is 11.6 Å². The topological polar surface area (TPSA) is 75.9 Å². The van der Waals surface area contributed by atoms with Crippen LogP contribution in [0.15, 0.2) is 18.2 Å². The van der Waals surface area contributed by atoms with E-state index in [0.717, 1.165) is 20.9 Å². The van der Waals surface area contributed by atoms with Crippen molar-refractivity contribution in [1.29, 1.82) is 0 Å². The van der Waals surface area contributed by atoms with Crippen molar-refractivity contribution in [2.45, 2.75) is 26.3 Å². The van der Waals surface area contributed by atoms with E-state index in [1.165, 1.54) is 0 Å². The number of anilines is 2. The van der Waals surface area contributed by atoms with E-state index >= 15 is 0 Å². The van der Waals surface area contributed by atoms with E-state index in [1.807, 2.05) is 26.0 Å². The van der Waals surface area contributed by atoms with Gasteiger partial charge in [0.25, 0.3) is 0 Å². The summed E-state index contributed by atoms with van der Waals surface area (Å²) in [7, 11) is 0. The van der Waals surface area contributed by atoms with Gasteiger partial charge in [-0.25, -0.2) is 15.8 Å². The van der Waals surface area contributed by atoms with Gasteiger partial charge in [0.1, 0.15) is 17.5 Å². The molecule has 7 heteroatoms. The lowest BCUT2D eigenvalue weighted by Gasteiger charge is -2.10. The van der Waals surface area contributed by atoms with Crippen molar-refractivity contribution in [2.75, 3.05) is 10.7 Å². The Morgan fingerprint density at radius 3 is 2.63 bits per heavy atom. The molecule has 2 aromatic heterocycles. The smallest absolute Gasteiger partial charge is 0.145 e. The van der Waals surface area contributed by atoms with Crippen LogP contribution >= 0.6 is 22.9 Å². The summed E-state index contributed by atoms with van der Waals surface area (Å²) in [4.78, 5) is 9.91. The lowest BCUT2D eigenvalue weighted by Crippen LogP contribution is -2.12. The minimum atomic E-state index is 0.241. The number of halogens is 1. The fourth-order valence-electron chi connectivity index (χ4n) is 1.51. The van der Waals surface area contributed by atoms with Gasteiger partial charge < -0.3 is 10.7 Å². The second-order valence-corrected chi connectivity index (χ2v) is 6.15. The van der Waals surface area contributed by atoms with Crippen molar-refractivity contribution in [1.82, 2.24) is 9.97 Å².